The molecule has 0 radical (unpaired) electrons. The molecule has 1 N–H and O–H groups in total. The summed E-state index contributed by atoms with van der Waals surface area (Å²) in [4.78, 5) is 12.0. The first kappa shape index (κ1) is 16.8. The van der Waals surface area contributed by atoms with E-state index in [1.165, 1.54) is 13.3 Å². The van der Waals surface area contributed by atoms with Crippen LogP contribution in [-0.4, -0.2) is 43.2 Å². The van der Waals surface area contributed by atoms with Gasteiger partial charge in [0.05, 0.1) is 36.7 Å². The molecule has 0 aliphatic heterocycles. The number of carbonyl (C=O) groups excluding carboxylic acids is 1. The highest BCUT2D eigenvalue weighted by molar-refractivity contribution is 5.97. The second-order valence-corrected chi connectivity index (χ2v) is 7.51. The van der Waals surface area contributed by atoms with Crippen LogP contribution in [0.3, 0.4) is 0 Å². The van der Waals surface area contributed by atoms with Crippen molar-refractivity contribution in [3.05, 3.63) is 42.0 Å². The molecular formula is C19H22N4O3. The number of aliphatic hydroxyl groups is 1. The Morgan fingerprint density at radius 1 is 1.42 bits per heavy atom. The van der Waals surface area contributed by atoms with Crippen molar-refractivity contribution in [2.24, 2.45) is 0 Å². The van der Waals surface area contributed by atoms with Gasteiger partial charge in [-0.2, -0.15) is 10.2 Å². The Labute approximate surface area is 151 Å². The van der Waals surface area contributed by atoms with E-state index in [0.29, 0.717) is 23.5 Å². The summed E-state index contributed by atoms with van der Waals surface area (Å²) in [5.74, 6) is 0.0616. The first-order chi connectivity index (χ1) is 12.4. The number of pyridine rings is 1. The van der Waals surface area contributed by atoms with Crippen molar-refractivity contribution in [2.45, 2.75) is 44.8 Å². The minimum Gasteiger partial charge on any atom is -0.465 e. The highest BCUT2D eigenvalue weighted by atomic mass is 16.5. The zero-order chi connectivity index (χ0) is 18.5. The van der Waals surface area contributed by atoms with Crippen LogP contribution in [0.25, 0.3) is 16.6 Å². The third kappa shape index (κ3) is 3.10. The number of hydrogen-bond acceptors (Lipinski definition) is 5. The maximum atomic E-state index is 12.0. The molecule has 26 heavy (non-hydrogen) atoms. The van der Waals surface area contributed by atoms with E-state index in [0.717, 1.165) is 29.7 Å². The molecule has 1 aliphatic rings. The summed E-state index contributed by atoms with van der Waals surface area (Å²) in [6.45, 7) is 3.97. The van der Waals surface area contributed by atoms with Gasteiger partial charge >= 0.3 is 5.97 Å². The van der Waals surface area contributed by atoms with Crippen LogP contribution in [0.2, 0.25) is 0 Å². The standard InChI is InChI=1S/C19H22N4O3/c1-19(2,25)11-22-10-15(17(21-22)12-4-5-12)13-6-7-23-16(8-13)14(9-20-23)18(24)26-3/h6-10,12,25H,4-5,11H2,1-3H3. The monoisotopic (exact) mass is 354 g/mol. The molecule has 0 aromatic carbocycles. The first-order valence-corrected chi connectivity index (χ1v) is 8.71. The Kier molecular flexibility index (Phi) is 3.84. The number of fused-ring (bicyclic) bond motifs is 1. The van der Waals surface area contributed by atoms with Crippen LogP contribution in [0.1, 0.15) is 48.7 Å². The fourth-order valence-electron chi connectivity index (χ4n) is 3.21. The van der Waals surface area contributed by atoms with E-state index in [9.17, 15) is 9.90 Å². The Morgan fingerprint density at radius 2 is 2.19 bits per heavy atom. The molecule has 3 heterocycles. The molecule has 0 amide bonds. The second-order valence-electron chi connectivity index (χ2n) is 7.51. The molecule has 7 nitrogen and oxygen atoms in total. The lowest BCUT2D eigenvalue weighted by Crippen LogP contribution is -2.26. The molecule has 3 aromatic heterocycles. The van der Waals surface area contributed by atoms with Gasteiger partial charge in [0.25, 0.3) is 0 Å². The molecule has 136 valence electrons. The highest BCUT2D eigenvalue weighted by Crippen LogP contribution is 2.43. The number of rotatable bonds is 5. The van der Waals surface area contributed by atoms with Crippen LogP contribution in [0, 0.1) is 0 Å². The van der Waals surface area contributed by atoms with Crippen LogP contribution >= 0.6 is 0 Å². The second kappa shape index (κ2) is 5.95. The van der Waals surface area contributed by atoms with Gasteiger partial charge in [0.2, 0.25) is 0 Å². The van der Waals surface area contributed by atoms with Gasteiger partial charge in [-0.05, 0) is 44.4 Å². The molecule has 0 bridgehead atoms. The van der Waals surface area contributed by atoms with Gasteiger partial charge in [-0.15, -0.1) is 0 Å². The topological polar surface area (TPSA) is 81.6 Å². The van der Waals surface area contributed by atoms with Gasteiger partial charge in [-0.3, -0.25) is 4.68 Å². The number of ether oxygens (including phenoxy) is 1. The number of nitrogens with zero attached hydrogens (tertiary/aromatic N) is 4. The average molecular weight is 354 g/mol. The molecule has 1 aliphatic carbocycles. The van der Waals surface area contributed by atoms with Crippen LogP contribution in [-0.2, 0) is 11.3 Å². The zero-order valence-corrected chi connectivity index (χ0v) is 15.1. The van der Waals surface area contributed by atoms with Crippen molar-refractivity contribution < 1.29 is 14.6 Å². The van der Waals surface area contributed by atoms with Gasteiger partial charge in [-0.25, -0.2) is 9.31 Å². The molecule has 7 heteroatoms. The van der Waals surface area contributed by atoms with Crippen LogP contribution in [0.4, 0.5) is 0 Å². The SMILES string of the molecule is COC(=O)c1cnn2ccc(-c3cn(CC(C)(C)O)nc3C3CC3)cc12. The van der Waals surface area contributed by atoms with E-state index in [4.69, 9.17) is 9.84 Å². The summed E-state index contributed by atoms with van der Waals surface area (Å²) in [7, 11) is 1.36. The molecular weight excluding hydrogens is 332 g/mol. The fourth-order valence-corrected chi connectivity index (χ4v) is 3.21. The molecule has 1 fully saturated rings. The molecule has 0 spiro atoms. The molecule has 0 unspecified atom stereocenters. The summed E-state index contributed by atoms with van der Waals surface area (Å²) in [5, 5.41) is 19.0. The Hall–Kier alpha value is -2.67. The van der Waals surface area contributed by atoms with Crippen molar-refractivity contribution in [1.82, 2.24) is 19.4 Å². The Bertz CT molecular complexity index is 976. The van der Waals surface area contributed by atoms with Crippen LogP contribution in [0.5, 0.6) is 0 Å². The lowest BCUT2D eigenvalue weighted by atomic mass is 10.0. The summed E-state index contributed by atoms with van der Waals surface area (Å²) in [6.07, 6.45) is 7.60. The van der Waals surface area contributed by atoms with E-state index >= 15 is 0 Å². The van der Waals surface area contributed by atoms with E-state index in [-0.39, 0.29) is 0 Å². The Balaban J connectivity index is 1.80. The lowest BCUT2D eigenvalue weighted by molar-refractivity contribution is 0.0574. The van der Waals surface area contributed by atoms with Crippen LogP contribution < -0.4 is 0 Å². The predicted octanol–water partition coefficient (Wildman–Crippen LogP) is 2.63. The first-order valence-electron chi connectivity index (χ1n) is 8.71. The van der Waals surface area contributed by atoms with Gasteiger partial charge in [0.1, 0.15) is 5.56 Å². The minimum atomic E-state index is -0.836. The van der Waals surface area contributed by atoms with Crippen molar-refractivity contribution in [3.8, 4) is 11.1 Å². The van der Waals surface area contributed by atoms with Crippen molar-refractivity contribution >= 4 is 11.5 Å². The number of esters is 1. The minimum absolute atomic E-state index is 0.405. The summed E-state index contributed by atoms with van der Waals surface area (Å²) >= 11 is 0. The van der Waals surface area contributed by atoms with Gasteiger partial charge < -0.3 is 9.84 Å². The third-order valence-electron chi connectivity index (χ3n) is 4.54. The quantitative estimate of drug-likeness (QED) is 0.712. The summed E-state index contributed by atoms with van der Waals surface area (Å²) in [6, 6.07) is 3.91. The number of hydrogen-bond donors (Lipinski definition) is 1. The maximum absolute atomic E-state index is 12.0. The lowest BCUT2D eigenvalue weighted by Gasteiger charge is -2.16. The normalized spacial score (nSPS) is 14.8. The number of carbonyl (C=O) groups is 1. The highest BCUT2D eigenvalue weighted by Gasteiger charge is 2.30. The predicted molar refractivity (Wildman–Crippen MR) is 96.0 cm³/mol. The third-order valence-corrected chi connectivity index (χ3v) is 4.54. The summed E-state index contributed by atoms with van der Waals surface area (Å²) < 4.78 is 8.31. The van der Waals surface area contributed by atoms with Crippen LogP contribution in [0.15, 0.2) is 30.7 Å². The number of aromatic nitrogens is 4. The summed E-state index contributed by atoms with van der Waals surface area (Å²) in [5.41, 5.74) is 3.37. The van der Waals surface area contributed by atoms with Gasteiger partial charge in [0, 0.05) is 23.9 Å². The van der Waals surface area contributed by atoms with E-state index in [1.807, 2.05) is 29.2 Å². The largest absolute Gasteiger partial charge is 0.465 e. The fraction of sp³-hybridized carbons (Fsp3) is 0.421. The number of methoxy groups -OCH3 is 1. The molecule has 0 saturated heterocycles. The van der Waals surface area contributed by atoms with E-state index in [2.05, 4.69) is 5.10 Å². The van der Waals surface area contributed by atoms with Crippen molar-refractivity contribution in [1.29, 1.82) is 0 Å². The smallest absolute Gasteiger partial charge is 0.341 e. The molecule has 0 atom stereocenters. The molecule has 3 aromatic rings. The molecule has 1 saturated carbocycles. The Morgan fingerprint density at radius 3 is 2.85 bits per heavy atom. The van der Waals surface area contributed by atoms with Crippen molar-refractivity contribution in [2.75, 3.05) is 7.11 Å². The van der Waals surface area contributed by atoms with Crippen molar-refractivity contribution in [3.63, 3.8) is 0 Å². The van der Waals surface area contributed by atoms with E-state index < -0.39 is 11.6 Å². The maximum Gasteiger partial charge on any atom is 0.341 e. The van der Waals surface area contributed by atoms with Gasteiger partial charge in [-0.1, -0.05) is 0 Å². The van der Waals surface area contributed by atoms with Gasteiger partial charge in [0.15, 0.2) is 0 Å². The zero-order valence-electron chi connectivity index (χ0n) is 15.1. The average Bonchev–Trinajstić information content (AvgIpc) is 3.22. The molecule has 4 rings (SSSR count). The van der Waals surface area contributed by atoms with E-state index in [1.54, 1.807) is 18.4 Å².